The molecule has 3 aromatic rings. The number of hydrogen-bond donors (Lipinski definition) is 0. The van der Waals surface area contributed by atoms with Crippen molar-refractivity contribution in [1.29, 1.82) is 0 Å². The molecule has 3 nitrogen and oxygen atoms in total. The van der Waals surface area contributed by atoms with E-state index in [9.17, 15) is 8.78 Å². The fourth-order valence-corrected chi connectivity index (χ4v) is 4.20. The smallest absolute Gasteiger partial charge is 0.163 e. The maximum atomic E-state index is 13.9. The normalized spacial score (nSPS) is 11.6. The third-order valence-electron chi connectivity index (χ3n) is 3.19. The fourth-order valence-electron chi connectivity index (χ4n) is 2.12. The highest BCUT2D eigenvalue weighted by molar-refractivity contribution is 9.10. The predicted octanol–water partition coefficient (Wildman–Crippen LogP) is 5.70. The molecule has 0 saturated carbocycles. The Morgan fingerprint density at radius 3 is 2.61 bits per heavy atom. The van der Waals surface area contributed by atoms with Gasteiger partial charge in [-0.05, 0) is 28.1 Å². The van der Waals surface area contributed by atoms with Gasteiger partial charge in [0.25, 0.3) is 0 Å². The van der Waals surface area contributed by atoms with Crippen LogP contribution in [0, 0.1) is 11.6 Å². The maximum Gasteiger partial charge on any atom is 0.163 e. The number of benzene rings is 1. The van der Waals surface area contributed by atoms with E-state index in [2.05, 4.69) is 26.1 Å². The van der Waals surface area contributed by atoms with Gasteiger partial charge >= 0.3 is 0 Å². The Morgan fingerprint density at radius 2 is 1.96 bits per heavy atom. The first kappa shape index (κ1) is 16.7. The molecule has 0 aliphatic carbocycles. The lowest BCUT2D eigenvalue weighted by atomic mass is 10.2. The number of halogens is 4. The summed E-state index contributed by atoms with van der Waals surface area (Å²) in [6.07, 6.45) is 0. The highest BCUT2D eigenvalue weighted by Crippen LogP contribution is 2.41. The van der Waals surface area contributed by atoms with Gasteiger partial charge in [0.05, 0.1) is 9.92 Å². The molecule has 0 unspecified atom stereocenters. The molecular formula is C15H11BrClF2N3S. The van der Waals surface area contributed by atoms with Gasteiger partial charge in [-0.1, -0.05) is 37.2 Å². The summed E-state index contributed by atoms with van der Waals surface area (Å²) in [5.41, 5.74) is 0.606. The van der Waals surface area contributed by atoms with Crippen LogP contribution in [0.15, 0.2) is 38.7 Å². The zero-order valence-electron chi connectivity index (χ0n) is 12.1. The number of pyridine rings is 1. The molecule has 0 amide bonds. The zero-order chi connectivity index (χ0) is 16.7. The van der Waals surface area contributed by atoms with Crippen molar-refractivity contribution in [1.82, 2.24) is 14.6 Å². The van der Waals surface area contributed by atoms with Crippen molar-refractivity contribution in [3.63, 3.8) is 0 Å². The van der Waals surface area contributed by atoms with Gasteiger partial charge in [-0.25, -0.2) is 8.78 Å². The van der Waals surface area contributed by atoms with E-state index in [1.807, 2.05) is 18.2 Å². The SMILES string of the molecule is CC(C)c1nnc2cc(Cl)c(Sc3ccc(F)cc3F)c(Br)n12. The zero-order valence-corrected chi connectivity index (χ0v) is 15.3. The molecule has 2 heterocycles. The molecule has 0 saturated heterocycles. The second kappa shape index (κ2) is 6.37. The van der Waals surface area contributed by atoms with E-state index in [0.717, 1.165) is 23.7 Å². The molecule has 0 atom stereocenters. The molecule has 0 spiro atoms. The molecule has 0 aliphatic heterocycles. The average molecular weight is 419 g/mol. The molecular weight excluding hydrogens is 408 g/mol. The van der Waals surface area contributed by atoms with Gasteiger partial charge in [0, 0.05) is 22.9 Å². The summed E-state index contributed by atoms with van der Waals surface area (Å²) in [7, 11) is 0. The lowest BCUT2D eigenvalue weighted by Crippen LogP contribution is -2.00. The summed E-state index contributed by atoms with van der Waals surface area (Å²) in [6, 6.07) is 5.12. The van der Waals surface area contributed by atoms with Crippen LogP contribution in [0.2, 0.25) is 5.02 Å². The van der Waals surface area contributed by atoms with E-state index in [-0.39, 0.29) is 10.8 Å². The summed E-state index contributed by atoms with van der Waals surface area (Å²) in [5, 5.41) is 8.69. The number of nitrogens with zero attached hydrogens (tertiary/aromatic N) is 3. The van der Waals surface area contributed by atoms with Gasteiger partial charge < -0.3 is 0 Å². The standard InChI is InChI=1S/C15H11BrClF2N3S/c1-7(2)15-21-20-12-6-9(17)13(14(16)22(12)15)23-11-4-3-8(18)5-10(11)19/h3-7H,1-2H3. The topological polar surface area (TPSA) is 30.2 Å². The van der Waals surface area contributed by atoms with Crippen LogP contribution >= 0.6 is 39.3 Å². The van der Waals surface area contributed by atoms with Gasteiger partial charge in [-0.3, -0.25) is 4.40 Å². The van der Waals surface area contributed by atoms with Crippen LogP contribution in [0.25, 0.3) is 5.65 Å². The van der Waals surface area contributed by atoms with Crippen molar-refractivity contribution in [2.75, 3.05) is 0 Å². The van der Waals surface area contributed by atoms with Crippen molar-refractivity contribution in [3.05, 3.63) is 51.4 Å². The summed E-state index contributed by atoms with van der Waals surface area (Å²) >= 11 is 10.9. The number of rotatable bonds is 3. The van der Waals surface area contributed by atoms with Gasteiger partial charge in [0.15, 0.2) is 5.65 Å². The first-order valence-corrected chi connectivity index (χ1v) is 8.73. The Balaban J connectivity index is 2.15. The predicted molar refractivity (Wildman–Crippen MR) is 90.3 cm³/mol. The molecule has 8 heteroatoms. The van der Waals surface area contributed by atoms with E-state index >= 15 is 0 Å². The quantitative estimate of drug-likeness (QED) is 0.511. The highest BCUT2D eigenvalue weighted by atomic mass is 79.9. The van der Waals surface area contributed by atoms with Gasteiger partial charge in [0.2, 0.25) is 0 Å². The molecule has 120 valence electrons. The Labute approximate surface area is 149 Å². The first-order valence-electron chi connectivity index (χ1n) is 6.74. The van der Waals surface area contributed by atoms with Crippen LogP contribution in [0.4, 0.5) is 8.78 Å². The number of aromatic nitrogens is 3. The van der Waals surface area contributed by atoms with E-state index in [1.54, 1.807) is 6.07 Å². The van der Waals surface area contributed by atoms with Crippen LogP contribution < -0.4 is 0 Å². The summed E-state index contributed by atoms with van der Waals surface area (Å²) in [5.74, 6) is -0.327. The second-order valence-corrected chi connectivity index (χ2v) is 7.41. The number of fused-ring (bicyclic) bond motifs is 1. The van der Waals surface area contributed by atoms with Gasteiger partial charge in [-0.15, -0.1) is 10.2 Å². The minimum Gasteiger partial charge on any atom is -0.271 e. The Morgan fingerprint density at radius 1 is 1.22 bits per heavy atom. The van der Waals surface area contributed by atoms with Crippen molar-refractivity contribution >= 4 is 44.9 Å². The maximum absolute atomic E-state index is 13.9. The van der Waals surface area contributed by atoms with Crippen molar-refractivity contribution < 1.29 is 8.78 Å². The van der Waals surface area contributed by atoms with Crippen molar-refractivity contribution in [2.45, 2.75) is 29.6 Å². The van der Waals surface area contributed by atoms with E-state index in [4.69, 9.17) is 11.6 Å². The van der Waals surface area contributed by atoms with Crippen molar-refractivity contribution in [3.8, 4) is 0 Å². The van der Waals surface area contributed by atoms with Gasteiger partial charge in [0.1, 0.15) is 22.1 Å². The minimum absolute atomic E-state index is 0.155. The number of hydrogen-bond acceptors (Lipinski definition) is 3. The largest absolute Gasteiger partial charge is 0.271 e. The van der Waals surface area contributed by atoms with Gasteiger partial charge in [-0.2, -0.15) is 0 Å². The molecule has 0 aliphatic rings. The summed E-state index contributed by atoms with van der Waals surface area (Å²) < 4.78 is 29.4. The van der Waals surface area contributed by atoms with Crippen LogP contribution in [0.1, 0.15) is 25.6 Å². The summed E-state index contributed by atoms with van der Waals surface area (Å²) in [6.45, 7) is 4.01. The molecule has 23 heavy (non-hydrogen) atoms. The van der Waals surface area contributed by atoms with Crippen LogP contribution in [-0.2, 0) is 0 Å². The highest BCUT2D eigenvalue weighted by Gasteiger charge is 2.19. The molecule has 1 aromatic carbocycles. The monoisotopic (exact) mass is 417 g/mol. The fraction of sp³-hybridized carbons (Fsp3) is 0.200. The Kier molecular flexibility index (Phi) is 4.62. The van der Waals surface area contributed by atoms with E-state index in [1.165, 1.54) is 12.1 Å². The van der Waals surface area contributed by atoms with E-state index in [0.29, 0.717) is 20.2 Å². The summed E-state index contributed by atoms with van der Waals surface area (Å²) in [4.78, 5) is 0.902. The Hall–Kier alpha value is -1.18. The molecule has 0 fully saturated rings. The lowest BCUT2D eigenvalue weighted by molar-refractivity contribution is 0.565. The van der Waals surface area contributed by atoms with E-state index < -0.39 is 11.6 Å². The minimum atomic E-state index is -0.633. The second-order valence-electron chi connectivity index (χ2n) is 5.20. The van der Waals surface area contributed by atoms with Crippen LogP contribution in [-0.4, -0.2) is 14.6 Å². The van der Waals surface area contributed by atoms with Crippen LogP contribution in [0.3, 0.4) is 0 Å². The molecule has 2 aromatic heterocycles. The molecule has 0 bridgehead atoms. The average Bonchev–Trinajstić information content (AvgIpc) is 2.89. The van der Waals surface area contributed by atoms with Crippen LogP contribution in [0.5, 0.6) is 0 Å². The third kappa shape index (κ3) is 3.09. The molecule has 0 N–H and O–H groups in total. The molecule has 3 rings (SSSR count). The Bertz CT molecular complexity index is 898. The van der Waals surface area contributed by atoms with Crippen molar-refractivity contribution in [2.24, 2.45) is 0 Å². The lowest BCUT2D eigenvalue weighted by Gasteiger charge is -2.12. The molecule has 0 radical (unpaired) electrons. The first-order chi connectivity index (χ1) is 10.9. The third-order valence-corrected chi connectivity index (χ3v) is 5.78.